The lowest BCUT2D eigenvalue weighted by Crippen LogP contribution is -2.08. The minimum atomic E-state index is -0.108. The van der Waals surface area contributed by atoms with Crippen LogP contribution in [0.2, 0.25) is 0 Å². The van der Waals surface area contributed by atoms with Gasteiger partial charge in [-0.15, -0.1) is 11.8 Å². The van der Waals surface area contributed by atoms with Crippen molar-refractivity contribution >= 4 is 11.8 Å². The number of halogens is 1. The van der Waals surface area contributed by atoms with Crippen LogP contribution in [0.4, 0.5) is 4.39 Å². The van der Waals surface area contributed by atoms with Crippen molar-refractivity contribution in [1.29, 1.82) is 0 Å². The molecule has 0 saturated heterocycles. The predicted molar refractivity (Wildman–Crippen MR) is 69.3 cm³/mol. The van der Waals surface area contributed by atoms with Gasteiger partial charge in [0, 0.05) is 22.8 Å². The van der Waals surface area contributed by atoms with Crippen molar-refractivity contribution in [2.75, 3.05) is 12.8 Å². The van der Waals surface area contributed by atoms with E-state index in [9.17, 15) is 4.39 Å². The number of nitrogens with one attached hydrogen (secondary N) is 1. The SMILES string of the molecule is CCC(C)CSc1cccc(F)c1CNC. The Kier molecular flexibility index (Phi) is 5.85. The Morgan fingerprint density at radius 1 is 1.44 bits per heavy atom. The highest BCUT2D eigenvalue weighted by Crippen LogP contribution is 2.27. The molecule has 0 fully saturated rings. The summed E-state index contributed by atoms with van der Waals surface area (Å²) < 4.78 is 13.6. The van der Waals surface area contributed by atoms with Gasteiger partial charge in [-0.1, -0.05) is 26.3 Å². The summed E-state index contributed by atoms with van der Waals surface area (Å²) in [6, 6.07) is 5.32. The average Bonchev–Trinajstić information content (AvgIpc) is 2.29. The first kappa shape index (κ1) is 13.5. The molecule has 16 heavy (non-hydrogen) atoms. The van der Waals surface area contributed by atoms with Crippen LogP contribution in [0.15, 0.2) is 23.1 Å². The monoisotopic (exact) mass is 241 g/mol. The summed E-state index contributed by atoms with van der Waals surface area (Å²) >= 11 is 1.75. The Bertz CT molecular complexity index is 328. The summed E-state index contributed by atoms with van der Waals surface area (Å²) in [6.45, 7) is 5.00. The molecule has 0 amide bonds. The van der Waals surface area contributed by atoms with Gasteiger partial charge in [-0.2, -0.15) is 0 Å². The summed E-state index contributed by atoms with van der Waals surface area (Å²) in [6.07, 6.45) is 1.17. The van der Waals surface area contributed by atoms with Gasteiger partial charge in [0.1, 0.15) is 5.82 Å². The van der Waals surface area contributed by atoms with Crippen molar-refractivity contribution in [3.63, 3.8) is 0 Å². The summed E-state index contributed by atoms with van der Waals surface area (Å²) in [5, 5.41) is 3.01. The standard InChI is InChI=1S/C13H20FNS/c1-4-10(2)9-16-13-7-5-6-12(14)11(13)8-15-3/h5-7,10,15H,4,8-9H2,1-3H3. The van der Waals surface area contributed by atoms with E-state index in [1.165, 1.54) is 12.5 Å². The number of benzene rings is 1. The fourth-order valence-electron chi connectivity index (χ4n) is 1.37. The van der Waals surface area contributed by atoms with Gasteiger partial charge < -0.3 is 5.32 Å². The molecule has 1 aromatic carbocycles. The van der Waals surface area contributed by atoms with Crippen LogP contribution in [0.5, 0.6) is 0 Å². The quantitative estimate of drug-likeness (QED) is 0.762. The molecule has 1 nitrogen and oxygen atoms in total. The molecule has 1 atom stereocenters. The van der Waals surface area contributed by atoms with Crippen molar-refractivity contribution in [1.82, 2.24) is 5.32 Å². The highest BCUT2D eigenvalue weighted by atomic mass is 32.2. The number of hydrogen-bond acceptors (Lipinski definition) is 2. The fraction of sp³-hybridized carbons (Fsp3) is 0.538. The number of thioether (sulfide) groups is 1. The van der Waals surface area contributed by atoms with Crippen molar-refractivity contribution in [2.24, 2.45) is 5.92 Å². The zero-order chi connectivity index (χ0) is 12.0. The minimum Gasteiger partial charge on any atom is -0.316 e. The predicted octanol–water partition coefficient (Wildman–Crippen LogP) is 3.68. The van der Waals surface area contributed by atoms with Crippen LogP contribution >= 0.6 is 11.8 Å². The van der Waals surface area contributed by atoms with Crippen LogP contribution in [0, 0.1) is 11.7 Å². The molecular weight excluding hydrogens is 221 g/mol. The molecule has 0 heterocycles. The Hall–Kier alpha value is -0.540. The molecule has 0 bridgehead atoms. The van der Waals surface area contributed by atoms with Crippen LogP contribution < -0.4 is 5.32 Å². The first-order valence-electron chi connectivity index (χ1n) is 5.73. The molecule has 0 aliphatic carbocycles. The summed E-state index contributed by atoms with van der Waals surface area (Å²) in [5.41, 5.74) is 0.790. The lowest BCUT2D eigenvalue weighted by molar-refractivity contribution is 0.593. The van der Waals surface area contributed by atoms with Crippen LogP contribution in [-0.2, 0) is 6.54 Å². The molecule has 90 valence electrons. The second-order valence-electron chi connectivity index (χ2n) is 4.07. The van der Waals surface area contributed by atoms with E-state index in [4.69, 9.17) is 0 Å². The molecule has 0 aliphatic rings. The zero-order valence-electron chi connectivity index (χ0n) is 10.2. The fourth-order valence-corrected chi connectivity index (χ4v) is 2.59. The molecule has 0 spiro atoms. The number of rotatable bonds is 6. The van der Waals surface area contributed by atoms with Gasteiger partial charge in [-0.3, -0.25) is 0 Å². The van der Waals surface area contributed by atoms with E-state index in [2.05, 4.69) is 19.2 Å². The molecule has 1 rings (SSSR count). The maximum atomic E-state index is 13.6. The topological polar surface area (TPSA) is 12.0 Å². The van der Waals surface area contributed by atoms with E-state index in [0.717, 1.165) is 16.2 Å². The van der Waals surface area contributed by atoms with E-state index in [0.29, 0.717) is 12.5 Å². The van der Waals surface area contributed by atoms with Crippen molar-refractivity contribution in [2.45, 2.75) is 31.7 Å². The molecule has 0 radical (unpaired) electrons. The van der Waals surface area contributed by atoms with E-state index in [1.807, 2.05) is 13.1 Å². The van der Waals surface area contributed by atoms with Gasteiger partial charge in [0.2, 0.25) is 0 Å². The van der Waals surface area contributed by atoms with Crippen LogP contribution in [-0.4, -0.2) is 12.8 Å². The highest BCUT2D eigenvalue weighted by Gasteiger charge is 2.09. The highest BCUT2D eigenvalue weighted by molar-refractivity contribution is 7.99. The Morgan fingerprint density at radius 2 is 2.19 bits per heavy atom. The van der Waals surface area contributed by atoms with Gasteiger partial charge in [0.25, 0.3) is 0 Å². The van der Waals surface area contributed by atoms with Crippen molar-refractivity contribution in [3.8, 4) is 0 Å². The second-order valence-corrected chi connectivity index (χ2v) is 5.13. The van der Waals surface area contributed by atoms with Crippen LogP contribution in [0.1, 0.15) is 25.8 Å². The Balaban J connectivity index is 2.74. The molecule has 0 saturated carbocycles. The first-order chi connectivity index (χ1) is 7.69. The van der Waals surface area contributed by atoms with Gasteiger partial charge in [-0.05, 0) is 25.1 Å². The third kappa shape index (κ3) is 3.80. The van der Waals surface area contributed by atoms with E-state index >= 15 is 0 Å². The van der Waals surface area contributed by atoms with Gasteiger partial charge in [0.15, 0.2) is 0 Å². The van der Waals surface area contributed by atoms with Gasteiger partial charge >= 0.3 is 0 Å². The zero-order valence-corrected chi connectivity index (χ0v) is 11.0. The Labute approximate surface area is 102 Å². The lowest BCUT2D eigenvalue weighted by Gasteiger charge is -2.12. The van der Waals surface area contributed by atoms with Crippen LogP contribution in [0.25, 0.3) is 0 Å². The maximum Gasteiger partial charge on any atom is 0.128 e. The van der Waals surface area contributed by atoms with Crippen LogP contribution in [0.3, 0.4) is 0 Å². The molecular formula is C13H20FNS. The molecule has 3 heteroatoms. The van der Waals surface area contributed by atoms with Gasteiger partial charge in [-0.25, -0.2) is 4.39 Å². The normalized spacial score (nSPS) is 12.8. The average molecular weight is 241 g/mol. The maximum absolute atomic E-state index is 13.6. The second kappa shape index (κ2) is 6.92. The minimum absolute atomic E-state index is 0.108. The van der Waals surface area contributed by atoms with E-state index in [-0.39, 0.29) is 5.82 Å². The Morgan fingerprint density at radius 3 is 2.81 bits per heavy atom. The molecule has 1 aromatic rings. The van der Waals surface area contributed by atoms with Crippen molar-refractivity contribution < 1.29 is 4.39 Å². The third-order valence-electron chi connectivity index (χ3n) is 2.65. The van der Waals surface area contributed by atoms with E-state index < -0.39 is 0 Å². The summed E-state index contributed by atoms with van der Waals surface area (Å²) in [4.78, 5) is 1.06. The summed E-state index contributed by atoms with van der Waals surface area (Å²) in [7, 11) is 1.84. The molecule has 0 aromatic heterocycles. The molecule has 1 N–H and O–H groups in total. The third-order valence-corrected chi connectivity index (χ3v) is 4.08. The van der Waals surface area contributed by atoms with E-state index in [1.54, 1.807) is 17.8 Å². The smallest absolute Gasteiger partial charge is 0.128 e. The lowest BCUT2D eigenvalue weighted by atomic mass is 10.2. The van der Waals surface area contributed by atoms with Crippen molar-refractivity contribution in [3.05, 3.63) is 29.6 Å². The largest absolute Gasteiger partial charge is 0.316 e. The van der Waals surface area contributed by atoms with Gasteiger partial charge in [0.05, 0.1) is 0 Å². The molecule has 1 unspecified atom stereocenters. The summed E-state index contributed by atoms with van der Waals surface area (Å²) in [5.74, 6) is 1.62. The molecule has 0 aliphatic heterocycles. The first-order valence-corrected chi connectivity index (χ1v) is 6.72. The number of hydrogen-bond donors (Lipinski definition) is 1.